The Morgan fingerprint density at radius 1 is 1.32 bits per heavy atom. The molecule has 6 heteroatoms. The molecular formula is C19H16FN3O2. The molecule has 25 heavy (non-hydrogen) atoms. The van der Waals surface area contributed by atoms with Gasteiger partial charge in [-0.05, 0) is 35.9 Å². The molecule has 0 heterocycles. The van der Waals surface area contributed by atoms with Crippen LogP contribution in [0.3, 0.4) is 0 Å². The summed E-state index contributed by atoms with van der Waals surface area (Å²) in [6.45, 7) is 0.769. The Morgan fingerprint density at radius 2 is 2.04 bits per heavy atom. The van der Waals surface area contributed by atoms with E-state index in [0.717, 1.165) is 5.56 Å². The van der Waals surface area contributed by atoms with Gasteiger partial charge in [0.1, 0.15) is 11.9 Å². The maximum atomic E-state index is 13.0. The fourth-order valence-electron chi connectivity index (χ4n) is 2.25. The van der Waals surface area contributed by atoms with Gasteiger partial charge in [0, 0.05) is 12.2 Å². The summed E-state index contributed by atoms with van der Waals surface area (Å²) in [5.41, 5.74) is 2.23. The summed E-state index contributed by atoms with van der Waals surface area (Å²) >= 11 is 0. The lowest BCUT2D eigenvalue weighted by Gasteiger charge is -2.23. The van der Waals surface area contributed by atoms with Crippen LogP contribution in [0.1, 0.15) is 11.1 Å². The molecule has 0 saturated heterocycles. The first-order valence-electron chi connectivity index (χ1n) is 7.39. The molecule has 0 aliphatic rings. The van der Waals surface area contributed by atoms with Crippen LogP contribution in [0, 0.1) is 29.5 Å². The highest BCUT2D eigenvalue weighted by Crippen LogP contribution is 2.24. The van der Waals surface area contributed by atoms with E-state index in [9.17, 15) is 14.4 Å². The average molecular weight is 337 g/mol. The minimum absolute atomic E-state index is 0.282. The summed E-state index contributed by atoms with van der Waals surface area (Å²) in [7, 11) is 1.24. The highest BCUT2D eigenvalue weighted by molar-refractivity contribution is 5.87. The molecule has 1 N–H and O–H groups in total. The highest BCUT2D eigenvalue weighted by Gasteiger charge is 2.12. The number of rotatable bonds is 5. The Labute approximate surface area is 145 Å². The molecule has 2 aromatic carbocycles. The van der Waals surface area contributed by atoms with Crippen molar-refractivity contribution >= 4 is 17.5 Å². The van der Waals surface area contributed by atoms with E-state index >= 15 is 0 Å². The van der Waals surface area contributed by atoms with Crippen LogP contribution in [-0.2, 0) is 11.3 Å². The van der Waals surface area contributed by atoms with Crippen LogP contribution < -0.4 is 10.2 Å². The summed E-state index contributed by atoms with van der Waals surface area (Å²) in [4.78, 5) is 13.2. The van der Waals surface area contributed by atoms with Gasteiger partial charge in [0.05, 0.1) is 24.9 Å². The highest BCUT2D eigenvalue weighted by atomic mass is 19.1. The third-order valence-electron chi connectivity index (χ3n) is 3.48. The Morgan fingerprint density at radius 3 is 2.64 bits per heavy atom. The normalized spacial score (nSPS) is 9.60. The van der Waals surface area contributed by atoms with E-state index in [1.165, 1.54) is 19.2 Å². The largest absolute Gasteiger partial charge is 0.453 e. The van der Waals surface area contributed by atoms with Gasteiger partial charge in [-0.1, -0.05) is 18.1 Å². The van der Waals surface area contributed by atoms with Crippen molar-refractivity contribution in [2.75, 3.05) is 23.9 Å². The van der Waals surface area contributed by atoms with Crippen molar-refractivity contribution in [2.45, 2.75) is 6.54 Å². The zero-order valence-electron chi connectivity index (χ0n) is 13.6. The monoisotopic (exact) mass is 337 g/mol. The number of hydrogen-bond acceptors (Lipinski definition) is 4. The quantitative estimate of drug-likeness (QED) is 0.848. The number of terminal acetylenes is 1. The third-order valence-corrected chi connectivity index (χ3v) is 3.48. The van der Waals surface area contributed by atoms with Crippen LogP contribution in [0.4, 0.5) is 20.6 Å². The van der Waals surface area contributed by atoms with Gasteiger partial charge < -0.3 is 9.64 Å². The van der Waals surface area contributed by atoms with Crippen molar-refractivity contribution in [3.8, 4) is 18.4 Å². The number of carbonyl (C=O) groups is 1. The number of nitrogens with zero attached hydrogens (tertiary/aromatic N) is 2. The van der Waals surface area contributed by atoms with Crippen molar-refractivity contribution in [2.24, 2.45) is 0 Å². The summed E-state index contributed by atoms with van der Waals surface area (Å²) in [6.07, 6.45) is 4.78. The molecule has 2 rings (SSSR count). The number of carbonyl (C=O) groups excluding carboxylic acids is 1. The standard InChI is InChI=1S/C19H16FN3O2/c1-3-10-23(13-14-4-6-16(20)7-5-14)17-8-9-18(15(11-17)12-21)22-19(24)25-2/h1,4-9,11H,10,13H2,2H3,(H,22,24). The number of amides is 1. The Bertz CT molecular complexity index is 835. The fraction of sp³-hybridized carbons (Fsp3) is 0.158. The first-order chi connectivity index (χ1) is 12.1. The Balaban J connectivity index is 2.28. The van der Waals surface area contributed by atoms with Crippen molar-refractivity contribution in [3.05, 3.63) is 59.4 Å². The molecule has 0 fully saturated rings. The van der Waals surface area contributed by atoms with Crippen molar-refractivity contribution in [3.63, 3.8) is 0 Å². The predicted molar refractivity (Wildman–Crippen MR) is 93.5 cm³/mol. The van der Waals surface area contributed by atoms with Crippen molar-refractivity contribution < 1.29 is 13.9 Å². The predicted octanol–water partition coefficient (Wildman–Crippen LogP) is 3.52. The molecule has 0 bridgehead atoms. The fourth-order valence-corrected chi connectivity index (χ4v) is 2.25. The van der Waals surface area contributed by atoms with E-state index in [-0.39, 0.29) is 11.4 Å². The van der Waals surface area contributed by atoms with Gasteiger partial charge in [-0.15, -0.1) is 6.42 Å². The van der Waals surface area contributed by atoms with Crippen LogP contribution in [0.5, 0.6) is 0 Å². The first-order valence-corrected chi connectivity index (χ1v) is 7.39. The number of benzene rings is 2. The molecular weight excluding hydrogens is 321 g/mol. The molecule has 0 unspecified atom stereocenters. The average Bonchev–Trinajstić information content (AvgIpc) is 2.63. The molecule has 0 radical (unpaired) electrons. The lowest BCUT2D eigenvalue weighted by molar-refractivity contribution is 0.187. The van der Waals surface area contributed by atoms with E-state index in [1.807, 2.05) is 11.0 Å². The molecule has 0 aliphatic heterocycles. The lowest BCUT2D eigenvalue weighted by atomic mass is 10.1. The second-order valence-electron chi connectivity index (χ2n) is 5.14. The van der Waals surface area contributed by atoms with E-state index in [4.69, 9.17) is 6.42 Å². The summed E-state index contributed by atoms with van der Waals surface area (Å²) in [5, 5.41) is 11.8. The minimum atomic E-state index is -0.656. The topological polar surface area (TPSA) is 65.4 Å². The van der Waals surface area contributed by atoms with Crippen LogP contribution in [0.25, 0.3) is 0 Å². The molecule has 1 amide bonds. The molecule has 0 aromatic heterocycles. The smallest absolute Gasteiger partial charge is 0.411 e. The number of hydrogen-bond donors (Lipinski definition) is 1. The van der Waals surface area contributed by atoms with Gasteiger partial charge in [-0.2, -0.15) is 5.26 Å². The molecule has 0 atom stereocenters. The zero-order valence-corrected chi connectivity index (χ0v) is 13.6. The maximum absolute atomic E-state index is 13.0. The Kier molecular flexibility index (Phi) is 5.97. The number of halogens is 1. The number of anilines is 2. The second kappa shape index (κ2) is 8.37. The molecule has 0 spiro atoms. The van der Waals surface area contributed by atoms with Crippen LogP contribution in [0.2, 0.25) is 0 Å². The maximum Gasteiger partial charge on any atom is 0.411 e. The number of nitrogens with one attached hydrogen (secondary N) is 1. The number of ether oxygens (including phenoxy) is 1. The van der Waals surface area contributed by atoms with E-state index in [1.54, 1.807) is 30.3 Å². The second-order valence-corrected chi connectivity index (χ2v) is 5.14. The molecule has 126 valence electrons. The van der Waals surface area contributed by atoms with E-state index in [2.05, 4.69) is 16.0 Å². The summed E-state index contributed by atoms with van der Waals surface area (Å²) in [6, 6.07) is 13.1. The van der Waals surface area contributed by atoms with Gasteiger partial charge in [0.2, 0.25) is 0 Å². The number of nitriles is 1. The Hall–Kier alpha value is -3.51. The molecule has 2 aromatic rings. The van der Waals surface area contributed by atoms with Gasteiger partial charge in [0.15, 0.2) is 0 Å². The van der Waals surface area contributed by atoms with E-state index in [0.29, 0.717) is 24.5 Å². The third kappa shape index (κ3) is 4.73. The molecule has 0 aliphatic carbocycles. The van der Waals surface area contributed by atoms with Gasteiger partial charge >= 0.3 is 6.09 Å². The molecule has 5 nitrogen and oxygen atoms in total. The van der Waals surface area contributed by atoms with Gasteiger partial charge in [-0.25, -0.2) is 9.18 Å². The SMILES string of the molecule is C#CCN(Cc1ccc(F)cc1)c1ccc(NC(=O)OC)c(C#N)c1. The van der Waals surface area contributed by atoms with Crippen molar-refractivity contribution in [1.29, 1.82) is 5.26 Å². The first kappa shape index (κ1) is 17.8. The van der Waals surface area contributed by atoms with Crippen molar-refractivity contribution in [1.82, 2.24) is 0 Å². The zero-order chi connectivity index (χ0) is 18.2. The van der Waals surface area contributed by atoms with Crippen LogP contribution in [-0.4, -0.2) is 19.7 Å². The van der Waals surface area contributed by atoms with Crippen LogP contribution in [0.15, 0.2) is 42.5 Å². The molecule has 0 saturated carbocycles. The lowest BCUT2D eigenvalue weighted by Crippen LogP contribution is -2.23. The summed E-state index contributed by atoms with van der Waals surface area (Å²) in [5.74, 6) is 2.26. The van der Waals surface area contributed by atoms with Gasteiger partial charge in [-0.3, -0.25) is 5.32 Å². The van der Waals surface area contributed by atoms with Gasteiger partial charge in [0.25, 0.3) is 0 Å². The van der Waals surface area contributed by atoms with E-state index < -0.39 is 6.09 Å². The minimum Gasteiger partial charge on any atom is -0.453 e. The number of methoxy groups -OCH3 is 1. The van der Waals surface area contributed by atoms with Crippen LogP contribution >= 0.6 is 0 Å². The summed E-state index contributed by atoms with van der Waals surface area (Å²) < 4.78 is 17.6.